The third-order valence-electron chi connectivity index (χ3n) is 4.11. The Morgan fingerprint density at radius 3 is 2.52 bits per heavy atom. The lowest BCUT2D eigenvalue weighted by Gasteiger charge is -2.01. The molecule has 0 N–H and O–H groups in total. The van der Waals surface area contributed by atoms with E-state index >= 15 is 0 Å². The number of benzene rings is 2. The lowest BCUT2D eigenvalue weighted by atomic mass is 10.1. The summed E-state index contributed by atoms with van der Waals surface area (Å²) in [4.78, 5) is 24.6. The van der Waals surface area contributed by atoms with Gasteiger partial charge in [0.2, 0.25) is 0 Å². The van der Waals surface area contributed by atoms with Crippen LogP contribution in [0.3, 0.4) is 0 Å². The maximum absolute atomic E-state index is 12.8. The zero-order valence-electron chi connectivity index (χ0n) is 16.3. The molecule has 3 aromatic rings. The molecule has 3 rings (SSSR count). The molecule has 0 aliphatic heterocycles. The molecule has 150 valence electrons. The highest BCUT2D eigenvalue weighted by Gasteiger charge is 2.16. The minimum absolute atomic E-state index is 0.237. The topological polar surface area (TPSA) is 87.7 Å². The zero-order chi connectivity index (χ0) is 20.6. The van der Waals surface area contributed by atoms with Crippen molar-refractivity contribution in [2.24, 2.45) is 5.10 Å². The van der Waals surface area contributed by atoms with Crippen LogP contribution in [0.4, 0.5) is 0 Å². The number of ether oxygens (including phenoxy) is 2. The molecular weight excluding hydrogens is 372 g/mol. The highest BCUT2D eigenvalue weighted by atomic mass is 16.5. The normalized spacial score (nSPS) is 11.0. The molecule has 0 bridgehead atoms. The van der Waals surface area contributed by atoms with E-state index in [1.54, 1.807) is 32.4 Å². The Labute approximate surface area is 168 Å². The standard InChI is InChI=1S/C21H22N4O4/c1-3-29-20(26)15-24-21(27)25(19(23-24)13-16-7-5-4-6-8-16)22-14-17-9-11-18(28-2)12-10-17/h4-12,14H,3,13,15H2,1-2H3/b22-14-. The minimum atomic E-state index is -0.523. The van der Waals surface area contributed by atoms with Crippen molar-refractivity contribution in [3.05, 3.63) is 82.0 Å². The summed E-state index contributed by atoms with van der Waals surface area (Å²) >= 11 is 0. The van der Waals surface area contributed by atoms with Crippen molar-refractivity contribution in [2.45, 2.75) is 19.9 Å². The van der Waals surface area contributed by atoms with E-state index in [1.807, 2.05) is 42.5 Å². The molecule has 1 aromatic heterocycles. The van der Waals surface area contributed by atoms with Gasteiger partial charge in [0.1, 0.15) is 12.3 Å². The fourth-order valence-electron chi connectivity index (χ4n) is 2.70. The van der Waals surface area contributed by atoms with Crippen molar-refractivity contribution in [3.8, 4) is 5.75 Å². The van der Waals surface area contributed by atoms with E-state index in [9.17, 15) is 9.59 Å². The molecule has 0 unspecified atom stereocenters. The molecule has 0 spiro atoms. The molecule has 0 fully saturated rings. The maximum atomic E-state index is 12.8. The maximum Gasteiger partial charge on any atom is 0.367 e. The lowest BCUT2D eigenvalue weighted by Crippen LogP contribution is -2.27. The van der Waals surface area contributed by atoms with Crippen molar-refractivity contribution in [2.75, 3.05) is 13.7 Å². The number of hydrogen-bond acceptors (Lipinski definition) is 6. The highest BCUT2D eigenvalue weighted by molar-refractivity contribution is 5.79. The number of carbonyl (C=O) groups excluding carboxylic acids is 1. The third kappa shape index (κ3) is 5.19. The van der Waals surface area contributed by atoms with E-state index in [0.29, 0.717) is 12.2 Å². The Morgan fingerprint density at radius 1 is 1.14 bits per heavy atom. The Hall–Kier alpha value is -3.68. The Kier molecular flexibility index (Phi) is 6.57. The third-order valence-corrected chi connectivity index (χ3v) is 4.11. The Balaban J connectivity index is 1.93. The molecule has 0 aliphatic carbocycles. The van der Waals surface area contributed by atoms with Crippen molar-refractivity contribution in [1.29, 1.82) is 0 Å². The number of methoxy groups -OCH3 is 1. The van der Waals surface area contributed by atoms with E-state index in [0.717, 1.165) is 21.6 Å². The molecule has 2 aromatic carbocycles. The van der Waals surface area contributed by atoms with Gasteiger partial charge in [-0.05, 0) is 42.3 Å². The van der Waals surface area contributed by atoms with Gasteiger partial charge in [0.25, 0.3) is 0 Å². The van der Waals surface area contributed by atoms with Gasteiger partial charge in [-0.2, -0.15) is 14.9 Å². The van der Waals surface area contributed by atoms with Crippen LogP contribution in [0.1, 0.15) is 23.9 Å². The van der Waals surface area contributed by atoms with E-state index in [4.69, 9.17) is 9.47 Å². The summed E-state index contributed by atoms with van der Waals surface area (Å²) < 4.78 is 12.3. The average molecular weight is 394 g/mol. The van der Waals surface area contributed by atoms with Gasteiger partial charge in [0.15, 0.2) is 5.82 Å². The van der Waals surface area contributed by atoms with Gasteiger partial charge in [-0.3, -0.25) is 4.79 Å². The van der Waals surface area contributed by atoms with Gasteiger partial charge >= 0.3 is 11.7 Å². The Morgan fingerprint density at radius 2 is 1.86 bits per heavy atom. The highest BCUT2D eigenvalue weighted by Crippen LogP contribution is 2.10. The van der Waals surface area contributed by atoms with Gasteiger partial charge in [0.05, 0.1) is 19.9 Å². The van der Waals surface area contributed by atoms with Crippen LogP contribution in [0.15, 0.2) is 64.5 Å². The summed E-state index contributed by atoms with van der Waals surface area (Å²) in [6.07, 6.45) is 1.96. The summed E-state index contributed by atoms with van der Waals surface area (Å²) in [6, 6.07) is 16.9. The summed E-state index contributed by atoms with van der Waals surface area (Å²) in [7, 11) is 1.59. The SMILES string of the molecule is CCOC(=O)Cn1nc(Cc2ccccc2)n(/N=C\c2ccc(OC)cc2)c1=O. The van der Waals surface area contributed by atoms with Crippen molar-refractivity contribution in [3.63, 3.8) is 0 Å². The molecule has 0 saturated heterocycles. The van der Waals surface area contributed by atoms with Crippen LogP contribution in [0.2, 0.25) is 0 Å². The Bertz CT molecular complexity index is 1040. The predicted octanol–water partition coefficient (Wildman–Crippen LogP) is 2.09. The molecule has 0 aliphatic rings. The molecule has 8 nitrogen and oxygen atoms in total. The largest absolute Gasteiger partial charge is 0.497 e. The number of hydrogen-bond donors (Lipinski definition) is 0. The van der Waals surface area contributed by atoms with E-state index < -0.39 is 11.7 Å². The number of carbonyl (C=O) groups is 1. The fourth-order valence-corrected chi connectivity index (χ4v) is 2.70. The van der Waals surface area contributed by atoms with Crippen LogP contribution in [-0.2, 0) is 22.5 Å². The molecule has 0 radical (unpaired) electrons. The van der Waals surface area contributed by atoms with Gasteiger partial charge in [-0.1, -0.05) is 30.3 Å². The summed E-state index contributed by atoms with van der Waals surface area (Å²) in [5.41, 5.74) is 1.26. The second-order valence-corrected chi connectivity index (χ2v) is 6.15. The number of rotatable bonds is 8. The van der Waals surface area contributed by atoms with E-state index in [2.05, 4.69) is 10.2 Å². The van der Waals surface area contributed by atoms with Gasteiger partial charge < -0.3 is 9.47 Å². The molecular formula is C21H22N4O4. The van der Waals surface area contributed by atoms with Gasteiger partial charge in [-0.25, -0.2) is 9.48 Å². The predicted molar refractivity (Wildman–Crippen MR) is 108 cm³/mol. The van der Waals surface area contributed by atoms with Gasteiger partial charge in [0, 0.05) is 6.42 Å². The summed E-state index contributed by atoms with van der Waals surface area (Å²) in [5.74, 6) is 0.631. The van der Waals surface area contributed by atoms with Crippen LogP contribution >= 0.6 is 0 Å². The van der Waals surface area contributed by atoms with Crippen LogP contribution in [-0.4, -0.2) is 40.4 Å². The fraction of sp³-hybridized carbons (Fsp3) is 0.238. The minimum Gasteiger partial charge on any atom is -0.497 e. The quantitative estimate of drug-likeness (QED) is 0.431. The molecule has 0 amide bonds. The number of aromatic nitrogens is 3. The summed E-state index contributed by atoms with van der Waals surface area (Å²) in [5, 5.41) is 8.60. The molecule has 29 heavy (non-hydrogen) atoms. The van der Waals surface area contributed by atoms with Crippen LogP contribution in [0, 0.1) is 0 Å². The van der Waals surface area contributed by atoms with Crippen LogP contribution in [0.25, 0.3) is 0 Å². The van der Waals surface area contributed by atoms with Gasteiger partial charge in [-0.15, -0.1) is 0 Å². The van der Waals surface area contributed by atoms with Crippen molar-refractivity contribution >= 4 is 12.2 Å². The second kappa shape index (κ2) is 9.50. The summed E-state index contributed by atoms with van der Waals surface area (Å²) in [6.45, 7) is 1.68. The first-order valence-corrected chi connectivity index (χ1v) is 9.17. The molecule has 8 heteroatoms. The lowest BCUT2D eigenvalue weighted by molar-refractivity contribution is -0.144. The van der Waals surface area contributed by atoms with Crippen LogP contribution in [0.5, 0.6) is 5.75 Å². The first-order chi connectivity index (χ1) is 14.1. The zero-order valence-corrected chi connectivity index (χ0v) is 16.3. The van der Waals surface area contributed by atoms with E-state index in [1.165, 1.54) is 4.68 Å². The van der Waals surface area contributed by atoms with Crippen molar-refractivity contribution < 1.29 is 14.3 Å². The van der Waals surface area contributed by atoms with Crippen LogP contribution < -0.4 is 10.4 Å². The average Bonchev–Trinajstić information content (AvgIpc) is 3.02. The number of nitrogens with zero attached hydrogens (tertiary/aromatic N) is 4. The molecule has 1 heterocycles. The monoisotopic (exact) mass is 394 g/mol. The second-order valence-electron chi connectivity index (χ2n) is 6.15. The van der Waals surface area contributed by atoms with E-state index in [-0.39, 0.29) is 13.2 Å². The first kappa shape index (κ1) is 20.1. The number of esters is 1. The first-order valence-electron chi connectivity index (χ1n) is 9.17. The van der Waals surface area contributed by atoms with Crippen molar-refractivity contribution in [1.82, 2.24) is 14.5 Å². The molecule has 0 saturated carbocycles. The smallest absolute Gasteiger partial charge is 0.367 e. The molecule has 0 atom stereocenters.